The Morgan fingerprint density at radius 3 is 2.30 bits per heavy atom. The highest BCUT2D eigenvalue weighted by molar-refractivity contribution is 5.78. The minimum Gasteiger partial charge on any atom is -0.406 e. The lowest BCUT2D eigenvalue weighted by atomic mass is 10.0. The van der Waals surface area contributed by atoms with E-state index >= 15 is 0 Å². The average Bonchev–Trinajstić information content (AvgIpc) is 2.44. The highest BCUT2D eigenvalue weighted by Gasteiger charge is 2.30. The monoisotopic (exact) mass is 332 g/mol. The predicted molar refractivity (Wildman–Crippen MR) is 81.9 cm³/mol. The van der Waals surface area contributed by atoms with Gasteiger partial charge in [0.1, 0.15) is 5.75 Å². The number of rotatable bonds is 7. The van der Waals surface area contributed by atoms with Gasteiger partial charge in [-0.05, 0) is 30.0 Å². The molecule has 0 saturated carbocycles. The fraction of sp³-hybridized carbons (Fsp3) is 0.562. The number of likely N-dealkylation sites (N-methyl/N-ethyl adjacent to an activating group) is 1. The van der Waals surface area contributed by atoms with Crippen LogP contribution < -0.4 is 10.5 Å². The number of carbonyl (C=O) groups is 1. The second kappa shape index (κ2) is 8.19. The van der Waals surface area contributed by atoms with Crippen LogP contribution in [0, 0.1) is 5.92 Å². The third-order valence-corrected chi connectivity index (χ3v) is 3.59. The Balaban J connectivity index is 2.50. The summed E-state index contributed by atoms with van der Waals surface area (Å²) >= 11 is 0. The molecule has 0 saturated heterocycles. The van der Waals surface area contributed by atoms with Crippen LogP contribution in [0.15, 0.2) is 24.3 Å². The highest BCUT2D eigenvalue weighted by atomic mass is 19.4. The van der Waals surface area contributed by atoms with Gasteiger partial charge in [0.25, 0.3) is 0 Å². The van der Waals surface area contributed by atoms with E-state index < -0.39 is 6.36 Å². The number of amides is 1. The van der Waals surface area contributed by atoms with Gasteiger partial charge in [0.15, 0.2) is 0 Å². The van der Waals surface area contributed by atoms with Crippen LogP contribution in [0.1, 0.15) is 25.8 Å². The van der Waals surface area contributed by atoms with Gasteiger partial charge in [0.2, 0.25) is 5.91 Å². The molecule has 0 fully saturated rings. The van der Waals surface area contributed by atoms with Crippen molar-refractivity contribution < 1.29 is 22.7 Å². The molecule has 23 heavy (non-hydrogen) atoms. The first-order chi connectivity index (χ1) is 10.6. The van der Waals surface area contributed by atoms with Gasteiger partial charge in [-0.2, -0.15) is 0 Å². The Kier molecular flexibility index (Phi) is 6.87. The summed E-state index contributed by atoms with van der Waals surface area (Å²) in [5.41, 5.74) is 6.57. The van der Waals surface area contributed by atoms with Crippen molar-refractivity contribution in [2.75, 3.05) is 13.6 Å². The van der Waals surface area contributed by atoms with E-state index in [2.05, 4.69) is 4.74 Å². The Morgan fingerprint density at radius 1 is 1.26 bits per heavy atom. The van der Waals surface area contributed by atoms with E-state index in [1.165, 1.54) is 24.3 Å². The van der Waals surface area contributed by atoms with Crippen molar-refractivity contribution in [1.82, 2.24) is 4.90 Å². The number of ether oxygens (including phenoxy) is 1. The summed E-state index contributed by atoms with van der Waals surface area (Å²) in [7, 11) is 1.69. The van der Waals surface area contributed by atoms with E-state index in [4.69, 9.17) is 5.73 Å². The van der Waals surface area contributed by atoms with Crippen LogP contribution in [0.3, 0.4) is 0 Å². The van der Waals surface area contributed by atoms with Crippen LogP contribution in [0.5, 0.6) is 5.75 Å². The van der Waals surface area contributed by atoms with Crippen LogP contribution in [0.2, 0.25) is 0 Å². The zero-order valence-electron chi connectivity index (χ0n) is 13.6. The van der Waals surface area contributed by atoms with Crippen molar-refractivity contribution in [3.63, 3.8) is 0 Å². The van der Waals surface area contributed by atoms with Crippen molar-refractivity contribution in [2.45, 2.75) is 39.1 Å². The molecule has 1 unspecified atom stereocenters. The first-order valence-corrected chi connectivity index (χ1v) is 7.42. The maximum Gasteiger partial charge on any atom is 0.573 e. The number of halogens is 3. The van der Waals surface area contributed by atoms with Crippen molar-refractivity contribution in [2.24, 2.45) is 11.7 Å². The van der Waals surface area contributed by atoms with Gasteiger partial charge in [-0.15, -0.1) is 13.2 Å². The Bertz CT molecular complexity index is 501. The molecule has 7 heteroatoms. The van der Waals surface area contributed by atoms with Crippen LogP contribution in [-0.4, -0.2) is 36.8 Å². The summed E-state index contributed by atoms with van der Waals surface area (Å²) in [6.07, 6.45) is -3.88. The zero-order chi connectivity index (χ0) is 17.6. The second-order valence-electron chi connectivity index (χ2n) is 5.88. The van der Waals surface area contributed by atoms with Gasteiger partial charge in [0.05, 0.1) is 6.42 Å². The maximum absolute atomic E-state index is 12.1. The molecule has 1 rings (SSSR count). The van der Waals surface area contributed by atoms with Gasteiger partial charge in [-0.1, -0.05) is 26.0 Å². The largest absolute Gasteiger partial charge is 0.573 e. The minimum atomic E-state index is -4.72. The zero-order valence-corrected chi connectivity index (χ0v) is 13.6. The molecular weight excluding hydrogens is 309 g/mol. The Morgan fingerprint density at radius 2 is 1.83 bits per heavy atom. The van der Waals surface area contributed by atoms with Gasteiger partial charge in [-0.25, -0.2) is 0 Å². The number of hydrogen-bond donors (Lipinski definition) is 1. The van der Waals surface area contributed by atoms with E-state index in [0.717, 1.165) is 0 Å². The van der Waals surface area contributed by atoms with E-state index in [1.807, 2.05) is 13.8 Å². The molecule has 0 bridgehead atoms. The number of nitrogens with two attached hydrogens (primary N) is 1. The van der Waals surface area contributed by atoms with Crippen LogP contribution in [0.4, 0.5) is 13.2 Å². The fourth-order valence-electron chi connectivity index (χ4n) is 1.92. The summed E-state index contributed by atoms with van der Waals surface area (Å²) in [6, 6.07) is 5.33. The summed E-state index contributed by atoms with van der Waals surface area (Å²) in [5.74, 6) is -0.0601. The molecule has 1 amide bonds. The molecule has 0 aliphatic rings. The molecule has 130 valence electrons. The topological polar surface area (TPSA) is 55.6 Å². The quantitative estimate of drug-likeness (QED) is 0.835. The van der Waals surface area contributed by atoms with Crippen molar-refractivity contribution in [3.8, 4) is 5.75 Å². The Labute approximate surface area is 134 Å². The predicted octanol–water partition coefficient (Wildman–Crippen LogP) is 2.96. The van der Waals surface area contributed by atoms with E-state index in [9.17, 15) is 18.0 Å². The van der Waals surface area contributed by atoms with Gasteiger partial charge in [0, 0.05) is 19.6 Å². The fourth-order valence-corrected chi connectivity index (χ4v) is 1.92. The molecule has 4 nitrogen and oxygen atoms in total. The number of nitrogens with zero attached hydrogens (tertiary/aromatic N) is 1. The number of benzene rings is 1. The third-order valence-electron chi connectivity index (χ3n) is 3.59. The van der Waals surface area contributed by atoms with Gasteiger partial charge in [-0.3, -0.25) is 4.79 Å². The molecule has 1 aromatic rings. The van der Waals surface area contributed by atoms with E-state index in [1.54, 1.807) is 11.9 Å². The SMILES string of the molecule is CC(C)C(N)CCN(C)C(=O)Cc1ccc(OC(F)(F)F)cc1. The van der Waals surface area contributed by atoms with E-state index in [0.29, 0.717) is 24.4 Å². The molecule has 0 aliphatic carbocycles. The number of alkyl halides is 3. The molecule has 0 aromatic heterocycles. The second-order valence-corrected chi connectivity index (χ2v) is 5.88. The average molecular weight is 332 g/mol. The van der Waals surface area contributed by atoms with Crippen molar-refractivity contribution in [1.29, 1.82) is 0 Å². The Hall–Kier alpha value is -1.76. The van der Waals surface area contributed by atoms with Crippen molar-refractivity contribution >= 4 is 5.91 Å². The third kappa shape index (κ3) is 7.36. The summed E-state index contributed by atoms with van der Waals surface area (Å²) in [4.78, 5) is 13.7. The summed E-state index contributed by atoms with van der Waals surface area (Å²) in [5, 5.41) is 0. The minimum absolute atomic E-state index is 0.0315. The molecule has 0 radical (unpaired) electrons. The lowest BCUT2D eigenvalue weighted by Gasteiger charge is -2.21. The molecule has 1 atom stereocenters. The molecular formula is C16H23F3N2O2. The van der Waals surface area contributed by atoms with Crippen LogP contribution >= 0.6 is 0 Å². The van der Waals surface area contributed by atoms with Gasteiger partial charge < -0.3 is 15.4 Å². The standard InChI is InChI=1S/C16H23F3N2O2/c1-11(2)14(20)8-9-21(3)15(22)10-12-4-6-13(7-5-12)23-16(17,18)19/h4-7,11,14H,8-10,20H2,1-3H3. The van der Waals surface area contributed by atoms with Crippen molar-refractivity contribution in [3.05, 3.63) is 29.8 Å². The van der Waals surface area contributed by atoms with Gasteiger partial charge >= 0.3 is 6.36 Å². The molecule has 0 aliphatic heterocycles. The first kappa shape index (κ1) is 19.3. The summed E-state index contributed by atoms with van der Waals surface area (Å²) < 4.78 is 40.0. The maximum atomic E-state index is 12.1. The van der Waals surface area contributed by atoms with Crippen LogP contribution in [0.25, 0.3) is 0 Å². The number of carbonyl (C=O) groups excluding carboxylic acids is 1. The normalized spacial score (nSPS) is 13.0. The molecule has 2 N–H and O–H groups in total. The molecule has 0 spiro atoms. The van der Waals surface area contributed by atoms with Crippen LogP contribution in [-0.2, 0) is 11.2 Å². The first-order valence-electron chi connectivity index (χ1n) is 7.42. The van der Waals surface area contributed by atoms with E-state index in [-0.39, 0.29) is 24.1 Å². The lowest BCUT2D eigenvalue weighted by Crippen LogP contribution is -2.35. The lowest BCUT2D eigenvalue weighted by molar-refractivity contribution is -0.274. The molecule has 1 aromatic carbocycles. The summed E-state index contributed by atoms with van der Waals surface area (Å²) in [6.45, 7) is 4.60. The smallest absolute Gasteiger partial charge is 0.406 e. The number of hydrogen-bond acceptors (Lipinski definition) is 3. The molecule has 0 heterocycles. The highest BCUT2D eigenvalue weighted by Crippen LogP contribution is 2.22.